The third-order valence-electron chi connectivity index (χ3n) is 5.62. The summed E-state index contributed by atoms with van der Waals surface area (Å²) in [4.78, 5) is 32.9. The van der Waals surface area contributed by atoms with Gasteiger partial charge in [-0.1, -0.05) is 46.3 Å². The highest BCUT2D eigenvalue weighted by molar-refractivity contribution is 9.10. The van der Waals surface area contributed by atoms with E-state index in [4.69, 9.17) is 4.98 Å². The monoisotopic (exact) mass is 459 g/mol. The Balaban J connectivity index is 1.71. The molecule has 148 valence electrons. The summed E-state index contributed by atoms with van der Waals surface area (Å²) in [5.74, 6) is 0.214. The van der Waals surface area contributed by atoms with Crippen LogP contribution in [0.3, 0.4) is 0 Å². The Labute approximate surface area is 181 Å². The number of rotatable bonds is 3. The van der Waals surface area contributed by atoms with E-state index in [0.717, 1.165) is 21.4 Å². The summed E-state index contributed by atoms with van der Waals surface area (Å²) in [5.41, 5.74) is 3.10. The molecular weight excluding hydrogens is 442 g/mol. The van der Waals surface area contributed by atoms with Gasteiger partial charge in [0.2, 0.25) is 5.91 Å². The van der Waals surface area contributed by atoms with E-state index in [0.29, 0.717) is 23.1 Å². The maximum absolute atomic E-state index is 13.4. The van der Waals surface area contributed by atoms with E-state index < -0.39 is 0 Å². The van der Waals surface area contributed by atoms with E-state index in [1.54, 1.807) is 22.6 Å². The molecule has 0 fully saturated rings. The van der Waals surface area contributed by atoms with Crippen LogP contribution in [0.5, 0.6) is 0 Å². The molecule has 0 radical (unpaired) electrons. The van der Waals surface area contributed by atoms with Gasteiger partial charge in [-0.3, -0.25) is 14.2 Å². The van der Waals surface area contributed by atoms with Gasteiger partial charge in [0.25, 0.3) is 5.56 Å². The highest BCUT2D eigenvalue weighted by Gasteiger charge is 2.36. The Morgan fingerprint density at radius 2 is 1.63 bits per heavy atom. The van der Waals surface area contributed by atoms with Gasteiger partial charge in [-0.2, -0.15) is 0 Å². The molecule has 0 saturated heterocycles. The fraction of sp³-hybridized carbons (Fsp3) is 0.125. The van der Waals surface area contributed by atoms with Crippen LogP contribution in [0.1, 0.15) is 17.3 Å². The van der Waals surface area contributed by atoms with Crippen molar-refractivity contribution in [1.82, 2.24) is 9.55 Å². The van der Waals surface area contributed by atoms with E-state index in [1.807, 2.05) is 66.7 Å². The fourth-order valence-electron chi connectivity index (χ4n) is 4.13. The van der Waals surface area contributed by atoms with Crippen LogP contribution < -0.4 is 10.5 Å². The van der Waals surface area contributed by atoms with Crippen LogP contribution in [0.2, 0.25) is 0 Å². The highest BCUT2D eigenvalue weighted by Crippen LogP contribution is 2.38. The lowest BCUT2D eigenvalue weighted by molar-refractivity contribution is -0.119. The zero-order chi connectivity index (χ0) is 20.8. The smallest absolute Gasteiger partial charge is 0.265 e. The number of hydrogen-bond donors (Lipinski definition) is 0. The molecule has 30 heavy (non-hydrogen) atoms. The predicted octanol–water partition coefficient (Wildman–Crippen LogP) is 4.45. The molecule has 3 aromatic carbocycles. The van der Waals surface area contributed by atoms with Crippen LogP contribution in [-0.2, 0) is 11.2 Å². The molecule has 1 aromatic heterocycles. The minimum absolute atomic E-state index is 0.0148. The number of carbonyl (C=O) groups is 1. The van der Waals surface area contributed by atoms with Crippen molar-refractivity contribution in [2.24, 2.45) is 0 Å². The van der Waals surface area contributed by atoms with Crippen molar-refractivity contribution >= 4 is 38.4 Å². The van der Waals surface area contributed by atoms with E-state index in [9.17, 15) is 9.59 Å². The summed E-state index contributed by atoms with van der Waals surface area (Å²) in [5, 5.41) is 0.555. The number of halogens is 1. The normalized spacial score (nSPS) is 15.6. The van der Waals surface area contributed by atoms with Gasteiger partial charge in [-0.25, -0.2) is 4.98 Å². The van der Waals surface area contributed by atoms with Gasteiger partial charge in [0.15, 0.2) is 0 Å². The third-order valence-corrected chi connectivity index (χ3v) is 6.15. The summed E-state index contributed by atoms with van der Waals surface area (Å²) in [6.07, 6.45) is 0.344. The summed E-state index contributed by atoms with van der Waals surface area (Å²) in [7, 11) is 1.79. The fourth-order valence-corrected chi connectivity index (χ4v) is 4.39. The van der Waals surface area contributed by atoms with Crippen molar-refractivity contribution in [2.75, 3.05) is 11.9 Å². The van der Waals surface area contributed by atoms with Gasteiger partial charge in [-0.05, 0) is 48.0 Å². The van der Waals surface area contributed by atoms with Crippen LogP contribution in [0.25, 0.3) is 16.6 Å². The zero-order valence-corrected chi connectivity index (χ0v) is 17.8. The van der Waals surface area contributed by atoms with Crippen LogP contribution in [0.4, 0.5) is 5.69 Å². The zero-order valence-electron chi connectivity index (χ0n) is 16.2. The molecular formula is C24H18BrN3O2. The predicted molar refractivity (Wildman–Crippen MR) is 121 cm³/mol. The molecule has 0 aliphatic carbocycles. The van der Waals surface area contributed by atoms with Gasteiger partial charge < -0.3 is 4.90 Å². The first-order valence-electron chi connectivity index (χ1n) is 9.67. The summed E-state index contributed by atoms with van der Waals surface area (Å²) in [6, 6.07) is 22.7. The van der Waals surface area contributed by atoms with Gasteiger partial charge >= 0.3 is 0 Å². The molecule has 1 atom stereocenters. The molecule has 0 bridgehead atoms. The minimum Gasteiger partial charge on any atom is -0.315 e. The molecule has 1 aliphatic rings. The van der Waals surface area contributed by atoms with Gasteiger partial charge in [0.05, 0.1) is 22.5 Å². The molecule has 1 aliphatic heterocycles. The van der Waals surface area contributed by atoms with Crippen LogP contribution in [-0.4, -0.2) is 22.5 Å². The second-order valence-corrected chi connectivity index (χ2v) is 8.29. The van der Waals surface area contributed by atoms with Crippen molar-refractivity contribution in [3.63, 3.8) is 0 Å². The first kappa shape index (κ1) is 18.8. The van der Waals surface area contributed by atoms with E-state index in [1.165, 1.54) is 0 Å². The van der Waals surface area contributed by atoms with Crippen molar-refractivity contribution in [3.05, 3.63) is 99.0 Å². The first-order chi connectivity index (χ1) is 14.5. The minimum atomic E-state index is -0.374. The Morgan fingerprint density at radius 1 is 0.933 bits per heavy atom. The quantitative estimate of drug-likeness (QED) is 0.454. The summed E-state index contributed by atoms with van der Waals surface area (Å²) >= 11 is 3.45. The van der Waals surface area contributed by atoms with Gasteiger partial charge in [0, 0.05) is 23.6 Å². The number of amides is 1. The number of para-hydroxylation sites is 2. The molecule has 2 heterocycles. The topological polar surface area (TPSA) is 55.2 Å². The van der Waals surface area contributed by atoms with Crippen molar-refractivity contribution in [1.29, 1.82) is 0 Å². The largest absolute Gasteiger partial charge is 0.315 e. The van der Waals surface area contributed by atoms with Crippen molar-refractivity contribution < 1.29 is 4.79 Å². The SMILES string of the molecule is CN1C(=O)[C@@H](Cc2nc3ccccc3c(=O)n2-c2ccc(Br)cc2)c2ccccc21. The first-order valence-corrected chi connectivity index (χ1v) is 10.5. The Kier molecular flexibility index (Phi) is 4.51. The van der Waals surface area contributed by atoms with E-state index in [-0.39, 0.29) is 17.4 Å². The summed E-state index contributed by atoms with van der Waals surface area (Å²) < 4.78 is 2.55. The summed E-state index contributed by atoms with van der Waals surface area (Å²) in [6.45, 7) is 0. The van der Waals surface area contributed by atoms with E-state index >= 15 is 0 Å². The number of carbonyl (C=O) groups excluding carboxylic acids is 1. The average Bonchev–Trinajstić information content (AvgIpc) is 3.00. The number of nitrogens with zero attached hydrogens (tertiary/aromatic N) is 3. The number of anilines is 1. The van der Waals surface area contributed by atoms with Crippen LogP contribution in [0, 0.1) is 0 Å². The average molecular weight is 460 g/mol. The lowest BCUT2D eigenvalue weighted by atomic mass is 9.96. The molecule has 0 saturated carbocycles. The van der Waals surface area contributed by atoms with Crippen molar-refractivity contribution in [3.8, 4) is 5.69 Å². The Hall–Kier alpha value is -3.25. The lowest BCUT2D eigenvalue weighted by Crippen LogP contribution is -2.29. The molecule has 0 spiro atoms. The maximum Gasteiger partial charge on any atom is 0.265 e. The number of fused-ring (bicyclic) bond motifs is 2. The lowest BCUT2D eigenvalue weighted by Gasteiger charge is -2.17. The molecule has 5 nitrogen and oxygen atoms in total. The standard InChI is InChI=1S/C24H18BrN3O2/c1-27-21-9-5-3-6-17(21)19(23(27)29)14-22-26-20-8-4-2-7-18(20)24(30)28(22)16-12-10-15(25)11-13-16/h2-13,19H,14H2,1H3/t19-/m0/s1. The molecule has 6 heteroatoms. The highest BCUT2D eigenvalue weighted by atomic mass is 79.9. The van der Waals surface area contributed by atoms with Crippen LogP contribution >= 0.6 is 15.9 Å². The molecule has 0 N–H and O–H groups in total. The Bertz CT molecular complexity index is 1340. The number of benzene rings is 3. The number of aromatic nitrogens is 2. The molecule has 4 aromatic rings. The maximum atomic E-state index is 13.4. The number of likely N-dealkylation sites (N-methyl/N-ethyl adjacent to an activating group) is 1. The van der Waals surface area contributed by atoms with Crippen molar-refractivity contribution in [2.45, 2.75) is 12.3 Å². The molecule has 0 unspecified atom stereocenters. The number of hydrogen-bond acceptors (Lipinski definition) is 3. The third kappa shape index (κ3) is 2.95. The molecule has 1 amide bonds. The van der Waals surface area contributed by atoms with Gasteiger partial charge in [-0.15, -0.1) is 0 Å². The molecule has 5 rings (SSSR count). The Morgan fingerprint density at radius 3 is 2.43 bits per heavy atom. The second kappa shape index (κ2) is 7.22. The second-order valence-electron chi connectivity index (χ2n) is 7.37. The van der Waals surface area contributed by atoms with Gasteiger partial charge in [0.1, 0.15) is 5.82 Å². The van der Waals surface area contributed by atoms with E-state index in [2.05, 4.69) is 15.9 Å². The van der Waals surface area contributed by atoms with Crippen LogP contribution in [0.15, 0.2) is 82.1 Å².